The lowest BCUT2D eigenvalue weighted by atomic mass is 10.0. The highest BCUT2D eigenvalue weighted by molar-refractivity contribution is 7.89. The number of benzene rings is 1. The van der Waals surface area contributed by atoms with E-state index in [9.17, 15) is 13.2 Å². The van der Waals surface area contributed by atoms with E-state index in [4.69, 9.17) is 0 Å². The average molecular weight is 402 g/mol. The smallest absolute Gasteiger partial charge is 0.254 e. The van der Waals surface area contributed by atoms with Crippen molar-refractivity contribution >= 4 is 28.3 Å². The molecule has 1 saturated heterocycles. The quantitative estimate of drug-likeness (QED) is 0.654. The van der Waals surface area contributed by atoms with E-state index in [-0.39, 0.29) is 35.8 Å². The molecule has 0 bridgehead atoms. The summed E-state index contributed by atoms with van der Waals surface area (Å²) in [4.78, 5) is 15.0. The molecule has 1 heterocycles. The SMILES string of the molecule is C=CCNS(=O)(=O)c1cccc(C(=O)N(CCC)C2CCNCC2)c1.Cl. The van der Waals surface area contributed by atoms with Crippen LogP contribution in [0.4, 0.5) is 0 Å². The van der Waals surface area contributed by atoms with Crippen LogP contribution in [-0.4, -0.2) is 51.4 Å². The number of nitrogens with zero attached hydrogens (tertiary/aromatic N) is 1. The molecular weight excluding hydrogens is 374 g/mol. The molecule has 0 atom stereocenters. The standard InChI is InChI=1S/C18H27N3O3S.ClH/c1-3-10-20-25(23,24)17-7-5-6-15(14-17)18(22)21(13-4-2)16-8-11-19-12-9-16;/h3,5-7,14,16,19-20H,1,4,8-13H2,2H3;1H. The van der Waals surface area contributed by atoms with Crippen molar-refractivity contribution in [2.45, 2.75) is 37.1 Å². The summed E-state index contributed by atoms with van der Waals surface area (Å²) in [5.74, 6) is -0.102. The minimum absolute atomic E-state index is 0. The van der Waals surface area contributed by atoms with Crippen molar-refractivity contribution in [3.63, 3.8) is 0 Å². The van der Waals surface area contributed by atoms with E-state index in [1.54, 1.807) is 12.1 Å². The third kappa shape index (κ3) is 5.81. The monoisotopic (exact) mass is 401 g/mol. The van der Waals surface area contributed by atoms with Gasteiger partial charge >= 0.3 is 0 Å². The van der Waals surface area contributed by atoms with Gasteiger partial charge in [0.15, 0.2) is 0 Å². The predicted molar refractivity (Wildman–Crippen MR) is 106 cm³/mol. The lowest BCUT2D eigenvalue weighted by Crippen LogP contribution is -2.46. The van der Waals surface area contributed by atoms with Gasteiger partial charge in [-0.25, -0.2) is 13.1 Å². The van der Waals surface area contributed by atoms with Crippen LogP contribution in [0.5, 0.6) is 0 Å². The zero-order valence-corrected chi connectivity index (χ0v) is 16.7. The topological polar surface area (TPSA) is 78.5 Å². The van der Waals surface area contributed by atoms with Crippen LogP contribution >= 0.6 is 12.4 Å². The molecule has 2 rings (SSSR count). The van der Waals surface area contributed by atoms with Gasteiger partial charge in [-0.15, -0.1) is 19.0 Å². The Kier molecular flexibility index (Phi) is 9.29. The molecule has 1 fully saturated rings. The van der Waals surface area contributed by atoms with Crippen molar-refractivity contribution in [3.8, 4) is 0 Å². The Hall–Kier alpha value is -1.41. The fraction of sp³-hybridized carbons (Fsp3) is 0.500. The number of carbonyl (C=O) groups is 1. The van der Waals surface area contributed by atoms with Crippen LogP contribution in [0, 0.1) is 0 Å². The minimum Gasteiger partial charge on any atom is -0.336 e. The van der Waals surface area contributed by atoms with E-state index in [0.29, 0.717) is 12.1 Å². The zero-order valence-electron chi connectivity index (χ0n) is 15.1. The van der Waals surface area contributed by atoms with Crippen molar-refractivity contribution < 1.29 is 13.2 Å². The number of hydrogen-bond acceptors (Lipinski definition) is 4. The van der Waals surface area contributed by atoms with Crippen LogP contribution in [-0.2, 0) is 10.0 Å². The Morgan fingerprint density at radius 1 is 1.38 bits per heavy atom. The molecule has 0 saturated carbocycles. The first kappa shape index (κ1) is 22.6. The van der Waals surface area contributed by atoms with Crippen molar-refractivity contribution in [2.75, 3.05) is 26.2 Å². The maximum Gasteiger partial charge on any atom is 0.254 e. The van der Waals surface area contributed by atoms with E-state index in [1.165, 1.54) is 18.2 Å². The van der Waals surface area contributed by atoms with Gasteiger partial charge < -0.3 is 10.2 Å². The molecule has 0 unspecified atom stereocenters. The average Bonchev–Trinajstić information content (AvgIpc) is 2.65. The van der Waals surface area contributed by atoms with Crippen molar-refractivity contribution in [1.29, 1.82) is 0 Å². The summed E-state index contributed by atoms with van der Waals surface area (Å²) in [6.07, 6.45) is 4.19. The lowest BCUT2D eigenvalue weighted by Gasteiger charge is -2.34. The van der Waals surface area contributed by atoms with Gasteiger partial charge in [-0.05, 0) is 50.6 Å². The maximum absolute atomic E-state index is 13.0. The highest BCUT2D eigenvalue weighted by Crippen LogP contribution is 2.18. The molecule has 26 heavy (non-hydrogen) atoms. The summed E-state index contributed by atoms with van der Waals surface area (Å²) in [5.41, 5.74) is 0.411. The third-order valence-electron chi connectivity index (χ3n) is 4.28. The number of nitrogens with one attached hydrogen (secondary N) is 2. The summed E-state index contributed by atoms with van der Waals surface area (Å²) in [7, 11) is -3.64. The third-order valence-corrected chi connectivity index (χ3v) is 5.71. The molecule has 0 aromatic heterocycles. The van der Waals surface area contributed by atoms with Gasteiger partial charge in [0.05, 0.1) is 4.90 Å². The first-order valence-electron chi connectivity index (χ1n) is 8.72. The Labute approximate surface area is 162 Å². The summed E-state index contributed by atoms with van der Waals surface area (Å²) in [5, 5.41) is 3.31. The molecule has 1 aromatic rings. The molecule has 1 aliphatic rings. The molecule has 1 amide bonds. The number of amides is 1. The van der Waals surface area contributed by atoms with Gasteiger partial charge in [0.25, 0.3) is 5.91 Å². The van der Waals surface area contributed by atoms with Crippen LogP contribution in [0.3, 0.4) is 0 Å². The van der Waals surface area contributed by atoms with E-state index in [2.05, 4.69) is 16.6 Å². The fourth-order valence-electron chi connectivity index (χ4n) is 3.02. The molecule has 146 valence electrons. The van der Waals surface area contributed by atoms with Crippen molar-refractivity contribution in [1.82, 2.24) is 14.9 Å². The largest absolute Gasteiger partial charge is 0.336 e. The number of piperidine rings is 1. The van der Waals surface area contributed by atoms with Crippen LogP contribution in [0.15, 0.2) is 41.8 Å². The number of sulfonamides is 1. The Bertz CT molecular complexity index is 703. The van der Waals surface area contributed by atoms with E-state index in [0.717, 1.165) is 32.4 Å². The normalized spacial score (nSPS) is 15.1. The number of hydrogen-bond donors (Lipinski definition) is 2. The Morgan fingerprint density at radius 2 is 2.08 bits per heavy atom. The van der Waals surface area contributed by atoms with E-state index >= 15 is 0 Å². The maximum atomic E-state index is 13.0. The highest BCUT2D eigenvalue weighted by Gasteiger charge is 2.26. The van der Waals surface area contributed by atoms with Crippen LogP contribution in [0.2, 0.25) is 0 Å². The first-order chi connectivity index (χ1) is 12.0. The number of rotatable bonds is 8. The van der Waals surface area contributed by atoms with Crippen LogP contribution in [0.25, 0.3) is 0 Å². The van der Waals surface area contributed by atoms with Gasteiger partial charge in [-0.2, -0.15) is 0 Å². The van der Waals surface area contributed by atoms with Gasteiger partial charge in [-0.1, -0.05) is 19.1 Å². The molecule has 0 radical (unpaired) electrons. The molecule has 1 aliphatic heterocycles. The van der Waals surface area contributed by atoms with Crippen molar-refractivity contribution in [2.24, 2.45) is 0 Å². The van der Waals surface area contributed by atoms with Gasteiger partial charge in [0, 0.05) is 24.7 Å². The first-order valence-corrected chi connectivity index (χ1v) is 10.2. The molecule has 6 nitrogen and oxygen atoms in total. The second-order valence-electron chi connectivity index (χ2n) is 6.15. The fourth-order valence-corrected chi connectivity index (χ4v) is 4.07. The van der Waals surface area contributed by atoms with E-state index in [1.807, 2.05) is 11.8 Å². The zero-order chi connectivity index (χ0) is 18.3. The molecule has 1 aromatic carbocycles. The molecule has 8 heteroatoms. The Morgan fingerprint density at radius 3 is 2.69 bits per heavy atom. The van der Waals surface area contributed by atoms with Crippen LogP contribution in [0.1, 0.15) is 36.5 Å². The molecule has 0 aliphatic carbocycles. The van der Waals surface area contributed by atoms with Gasteiger partial charge in [0.2, 0.25) is 10.0 Å². The lowest BCUT2D eigenvalue weighted by molar-refractivity contribution is 0.0642. The second kappa shape index (κ2) is 10.7. The second-order valence-corrected chi connectivity index (χ2v) is 7.92. The molecule has 2 N–H and O–H groups in total. The summed E-state index contributed by atoms with van der Waals surface area (Å²) in [6.45, 7) is 8.18. The number of carbonyl (C=O) groups excluding carboxylic acids is 1. The summed E-state index contributed by atoms with van der Waals surface area (Å²) >= 11 is 0. The summed E-state index contributed by atoms with van der Waals surface area (Å²) < 4.78 is 27.0. The summed E-state index contributed by atoms with van der Waals surface area (Å²) in [6, 6.07) is 6.45. The highest BCUT2D eigenvalue weighted by atomic mass is 35.5. The molecule has 0 spiro atoms. The van der Waals surface area contributed by atoms with Gasteiger partial charge in [-0.3, -0.25) is 4.79 Å². The Balaban J connectivity index is 0.00000338. The van der Waals surface area contributed by atoms with Crippen molar-refractivity contribution in [3.05, 3.63) is 42.5 Å². The van der Waals surface area contributed by atoms with E-state index < -0.39 is 10.0 Å². The van der Waals surface area contributed by atoms with Crippen LogP contribution < -0.4 is 10.0 Å². The minimum atomic E-state index is -3.64. The van der Waals surface area contributed by atoms with Gasteiger partial charge in [0.1, 0.15) is 0 Å². The number of halogens is 1. The molecular formula is C18H28ClN3O3S. The predicted octanol–water partition coefficient (Wildman–Crippen LogP) is 2.18.